The van der Waals surface area contributed by atoms with Crippen molar-refractivity contribution < 1.29 is 9.47 Å². The molecule has 4 heteroatoms. The predicted octanol–water partition coefficient (Wildman–Crippen LogP) is 5.15. The van der Waals surface area contributed by atoms with Crippen molar-refractivity contribution in [2.75, 3.05) is 20.0 Å². The van der Waals surface area contributed by atoms with Gasteiger partial charge in [-0.2, -0.15) is 0 Å². The quantitative estimate of drug-likeness (QED) is 0.126. The smallest absolute Gasteiger partial charge is 0.355 e. The van der Waals surface area contributed by atoms with Crippen LogP contribution in [0.15, 0.2) is 12.2 Å². The third kappa shape index (κ3) is 19.2. The zero-order valence-corrected chi connectivity index (χ0v) is 16.1. The van der Waals surface area contributed by atoms with Gasteiger partial charge in [-0.1, -0.05) is 57.6 Å². The van der Waals surface area contributed by atoms with E-state index in [1.807, 2.05) is 0 Å². The lowest BCUT2D eigenvalue weighted by Crippen LogP contribution is -2.02. The molecule has 0 aliphatic carbocycles. The van der Waals surface area contributed by atoms with Gasteiger partial charge < -0.3 is 28.3 Å². The summed E-state index contributed by atoms with van der Waals surface area (Å²) >= 11 is 2.77. The summed E-state index contributed by atoms with van der Waals surface area (Å²) in [6.07, 6.45) is 14.7. The number of halogens is 1. The highest BCUT2D eigenvalue weighted by Gasteiger charge is 1.91. The van der Waals surface area contributed by atoms with Crippen LogP contribution in [0.5, 0.6) is 0 Å². The highest BCUT2D eigenvalue weighted by atomic mass is 127. The molecular formula is C15H29IMgO2. The minimum absolute atomic E-state index is 0.218. The topological polar surface area (TPSA) is 18.5 Å². The number of allylic oxidation sites excluding steroid dienone is 1. The Morgan fingerprint density at radius 3 is 2.37 bits per heavy atom. The molecule has 0 aliphatic heterocycles. The van der Waals surface area contributed by atoms with E-state index in [1.54, 1.807) is 0 Å². The average molecular weight is 393 g/mol. The first kappa shape index (κ1) is 20.2. The van der Waals surface area contributed by atoms with Gasteiger partial charge in [-0.3, -0.25) is 0 Å². The summed E-state index contributed by atoms with van der Waals surface area (Å²) in [5.41, 5.74) is 0. The third-order valence-corrected chi connectivity index (χ3v) is 5.87. The van der Waals surface area contributed by atoms with Crippen LogP contribution >= 0.6 is 18.9 Å². The van der Waals surface area contributed by atoms with Gasteiger partial charge in [0.2, 0.25) is 0 Å². The molecule has 0 aromatic carbocycles. The molecule has 0 bridgehead atoms. The van der Waals surface area contributed by atoms with Crippen LogP contribution in [0.25, 0.3) is 0 Å². The number of ether oxygens (including phenoxy) is 2. The van der Waals surface area contributed by atoms with Gasteiger partial charge in [0.25, 0.3) is 0 Å². The SMILES string of the molecule is CCCCCCCCOCOCC/C=C\C[CH2][Mg][I]. The van der Waals surface area contributed by atoms with Gasteiger partial charge >= 0.3 is 16.5 Å². The Labute approximate surface area is 139 Å². The molecule has 0 aromatic rings. The maximum atomic E-state index is 5.44. The van der Waals surface area contributed by atoms with E-state index in [0.717, 1.165) is 19.6 Å². The minimum Gasteiger partial charge on any atom is -0.355 e. The van der Waals surface area contributed by atoms with Gasteiger partial charge in [0.15, 0.2) is 0 Å². The number of rotatable bonds is 15. The van der Waals surface area contributed by atoms with Gasteiger partial charge in [0, 0.05) is 6.61 Å². The Balaban J connectivity index is 2.97. The second-order valence-electron chi connectivity index (χ2n) is 4.79. The van der Waals surface area contributed by atoms with Crippen LogP contribution in [0.3, 0.4) is 0 Å². The lowest BCUT2D eigenvalue weighted by Gasteiger charge is -2.04. The van der Waals surface area contributed by atoms with Crippen LogP contribution in [0.2, 0.25) is 4.55 Å². The van der Waals surface area contributed by atoms with E-state index in [1.165, 1.54) is 49.5 Å². The van der Waals surface area contributed by atoms with Crippen LogP contribution in [-0.4, -0.2) is 36.5 Å². The maximum absolute atomic E-state index is 5.44. The van der Waals surface area contributed by atoms with E-state index in [-0.39, 0.29) is 16.5 Å². The molecule has 0 aromatic heterocycles. The van der Waals surface area contributed by atoms with Crippen molar-refractivity contribution in [3.8, 4) is 0 Å². The molecule has 0 fully saturated rings. The monoisotopic (exact) mass is 392 g/mol. The van der Waals surface area contributed by atoms with Crippen LogP contribution in [0.4, 0.5) is 0 Å². The predicted molar refractivity (Wildman–Crippen MR) is 93.1 cm³/mol. The first-order valence-electron chi connectivity index (χ1n) is 7.78. The standard InChI is InChI=1S/C15H29O2.HI.Mg/c1-3-5-7-9-10-12-14-17-15-16-13-11-8-6-4-2;;/h6,8H,2-5,7,9-15H2,1H3;1H;/q;;+1/p-1/b8-6-;;. The Bertz CT molecular complexity index is 189. The van der Waals surface area contributed by atoms with Crippen molar-refractivity contribution in [1.82, 2.24) is 0 Å². The summed E-state index contributed by atoms with van der Waals surface area (Å²) < 4.78 is 12.3. The van der Waals surface area contributed by atoms with Gasteiger partial charge in [-0.15, -0.1) is 4.55 Å². The van der Waals surface area contributed by atoms with Crippen molar-refractivity contribution in [1.29, 1.82) is 0 Å². The Hall–Kier alpha value is 1.16. The van der Waals surface area contributed by atoms with Gasteiger partial charge in [-0.25, -0.2) is 0 Å². The van der Waals surface area contributed by atoms with Gasteiger partial charge in [0.1, 0.15) is 6.79 Å². The summed E-state index contributed by atoms with van der Waals surface area (Å²) in [7, 11) is 0. The zero-order valence-electron chi connectivity index (χ0n) is 12.5. The van der Waals surface area contributed by atoms with Crippen LogP contribution < -0.4 is 0 Å². The van der Waals surface area contributed by atoms with Crippen molar-refractivity contribution >= 4 is 35.3 Å². The first-order valence-corrected chi connectivity index (χ1v) is 13.9. The summed E-state index contributed by atoms with van der Waals surface area (Å²) in [6.45, 7) is 4.35. The molecule has 0 atom stereocenters. The van der Waals surface area contributed by atoms with Crippen molar-refractivity contribution in [3.05, 3.63) is 12.2 Å². The molecule has 19 heavy (non-hydrogen) atoms. The highest BCUT2D eigenvalue weighted by Crippen LogP contribution is 2.04. The number of hydrogen-bond acceptors (Lipinski definition) is 2. The average Bonchev–Trinajstić information content (AvgIpc) is 2.43. The molecule has 0 radical (unpaired) electrons. The highest BCUT2D eigenvalue weighted by molar-refractivity contribution is 14.1. The molecule has 0 saturated carbocycles. The van der Waals surface area contributed by atoms with E-state index in [0.29, 0.717) is 6.79 Å². The molecule has 0 amide bonds. The van der Waals surface area contributed by atoms with Crippen molar-refractivity contribution in [3.63, 3.8) is 0 Å². The number of unbranched alkanes of at least 4 members (excludes halogenated alkanes) is 5. The fraction of sp³-hybridized carbons (Fsp3) is 0.867. The van der Waals surface area contributed by atoms with E-state index in [4.69, 9.17) is 9.47 Å². The summed E-state index contributed by atoms with van der Waals surface area (Å²) in [5, 5.41) is 0. The molecule has 0 saturated heterocycles. The van der Waals surface area contributed by atoms with E-state index in [9.17, 15) is 0 Å². The molecular weight excluding hydrogens is 363 g/mol. The molecule has 0 heterocycles. The lowest BCUT2D eigenvalue weighted by atomic mass is 10.1. The molecule has 0 spiro atoms. The van der Waals surface area contributed by atoms with E-state index < -0.39 is 0 Å². The second kappa shape index (κ2) is 19.2. The lowest BCUT2D eigenvalue weighted by molar-refractivity contribution is -0.0531. The summed E-state index contributed by atoms with van der Waals surface area (Å²) in [5.74, 6) is 0. The van der Waals surface area contributed by atoms with Crippen molar-refractivity contribution in [2.24, 2.45) is 0 Å². The van der Waals surface area contributed by atoms with E-state index in [2.05, 4.69) is 37.9 Å². The largest absolute Gasteiger partial charge is 0.464 e. The second-order valence-corrected chi connectivity index (χ2v) is 9.11. The first-order chi connectivity index (χ1) is 9.41. The van der Waals surface area contributed by atoms with Crippen LogP contribution in [0.1, 0.15) is 58.3 Å². The number of hydrogen-bond donors (Lipinski definition) is 0. The fourth-order valence-electron chi connectivity index (χ4n) is 1.74. The van der Waals surface area contributed by atoms with Gasteiger partial charge in [0.05, 0.1) is 6.61 Å². The Morgan fingerprint density at radius 1 is 0.895 bits per heavy atom. The van der Waals surface area contributed by atoms with Gasteiger partial charge in [-0.05, 0) is 12.8 Å². The normalized spacial score (nSPS) is 11.1. The molecule has 0 aliphatic rings. The molecule has 110 valence electrons. The summed E-state index contributed by atoms with van der Waals surface area (Å²) in [4.78, 5) is 0. The maximum Gasteiger partial charge on any atom is 0.464 e. The fourth-order valence-corrected chi connectivity index (χ4v) is 3.45. The molecule has 0 N–H and O–H groups in total. The Morgan fingerprint density at radius 2 is 1.58 bits per heavy atom. The molecule has 0 rings (SSSR count). The Kier molecular flexibility index (Phi) is 20.3. The zero-order chi connectivity index (χ0) is 14.0. The summed E-state index contributed by atoms with van der Waals surface area (Å²) in [6, 6.07) is 0. The third-order valence-electron chi connectivity index (χ3n) is 2.91. The van der Waals surface area contributed by atoms with E-state index >= 15 is 0 Å². The minimum atomic E-state index is 0.218. The molecule has 0 unspecified atom stereocenters. The van der Waals surface area contributed by atoms with Crippen molar-refractivity contribution in [2.45, 2.75) is 62.8 Å². The van der Waals surface area contributed by atoms with Crippen LogP contribution in [-0.2, 0) is 9.47 Å². The molecule has 2 nitrogen and oxygen atoms in total. The van der Waals surface area contributed by atoms with Crippen LogP contribution in [0, 0.1) is 0 Å².